The molecule has 2 N–H and O–H groups in total. The maximum absolute atomic E-state index is 5.50. The third-order valence-corrected chi connectivity index (χ3v) is 2.88. The lowest BCUT2D eigenvalue weighted by Crippen LogP contribution is -2.31. The normalized spacial score (nSPS) is 18.6. The molecule has 2 heterocycles. The van der Waals surface area contributed by atoms with Crippen molar-refractivity contribution in [2.75, 3.05) is 37.0 Å². The second kappa shape index (κ2) is 7.84. The van der Waals surface area contributed by atoms with Gasteiger partial charge in [0.2, 0.25) is 11.9 Å². The molecule has 1 saturated heterocycles. The number of ether oxygens (including phenoxy) is 2. The van der Waals surface area contributed by atoms with Gasteiger partial charge in [0.15, 0.2) is 0 Å². The zero-order valence-corrected chi connectivity index (χ0v) is 12.2. The standard InChI is InChI=1S/C13H23N5O2/c1-3-7-20-13-17-11(14-4-2)16-12(18-13)15-10-6-5-8-19-9-10/h10H,3-9H2,1-2H3,(H2,14,15,16,17,18). The van der Waals surface area contributed by atoms with Crippen LogP contribution in [-0.2, 0) is 4.74 Å². The Morgan fingerprint density at radius 3 is 2.80 bits per heavy atom. The highest BCUT2D eigenvalue weighted by molar-refractivity contribution is 5.36. The lowest BCUT2D eigenvalue weighted by Gasteiger charge is -2.23. The molecule has 1 aliphatic heterocycles. The molecule has 1 fully saturated rings. The van der Waals surface area contributed by atoms with Crippen molar-refractivity contribution in [2.45, 2.75) is 39.2 Å². The molecule has 1 atom stereocenters. The molecule has 112 valence electrons. The third-order valence-electron chi connectivity index (χ3n) is 2.88. The summed E-state index contributed by atoms with van der Waals surface area (Å²) in [6.07, 6.45) is 3.04. The van der Waals surface area contributed by atoms with Crippen LogP contribution in [0, 0.1) is 0 Å². The highest BCUT2D eigenvalue weighted by Crippen LogP contribution is 2.15. The van der Waals surface area contributed by atoms with E-state index in [9.17, 15) is 0 Å². The van der Waals surface area contributed by atoms with E-state index in [-0.39, 0.29) is 6.04 Å². The Morgan fingerprint density at radius 2 is 2.10 bits per heavy atom. The molecule has 0 amide bonds. The smallest absolute Gasteiger partial charge is 0.323 e. The molecule has 1 aromatic heterocycles. The average molecular weight is 281 g/mol. The monoisotopic (exact) mass is 281 g/mol. The first-order valence-electron chi connectivity index (χ1n) is 7.28. The summed E-state index contributed by atoms with van der Waals surface area (Å²) >= 11 is 0. The summed E-state index contributed by atoms with van der Waals surface area (Å²) < 4.78 is 10.9. The molecule has 1 aliphatic rings. The zero-order chi connectivity index (χ0) is 14.2. The second-order valence-electron chi connectivity index (χ2n) is 4.70. The van der Waals surface area contributed by atoms with Gasteiger partial charge in [0, 0.05) is 13.2 Å². The first kappa shape index (κ1) is 14.8. The summed E-state index contributed by atoms with van der Waals surface area (Å²) in [7, 11) is 0. The van der Waals surface area contributed by atoms with Crippen molar-refractivity contribution < 1.29 is 9.47 Å². The van der Waals surface area contributed by atoms with Gasteiger partial charge in [-0.2, -0.15) is 15.0 Å². The van der Waals surface area contributed by atoms with Crippen LogP contribution in [0.15, 0.2) is 0 Å². The van der Waals surface area contributed by atoms with Crippen LogP contribution in [0.4, 0.5) is 11.9 Å². The Hall–Kier alpha value is -1.63. The predicted molar refractivity (Wildman–Crippen MR) is 77.2 cm³/mol. The molecule has 0 bridgehead atoms. The number of hydrogen-bond donors (Lipinski definition) is 2. The molecular weight excluding hydrogens is 258 g/mol. The Balaban J connectivity index is 2.06. The largest absolute Gasteiger partial charge is 0.463 e. The maximum atomic E-state index is 5.50. The molecule has 0 spiro atoms. The van der Waals surface area contributed by atoms with E-state index in [4.69, 9.17) is 9.47 Å². The SMILES string of the molecule is CCCOc1nc(NCC)nc(NC2CCCOC2)n1. The van der Waals surface area contributed by atoms with E-state index in [0.29, 0.717) is 31.1 Å². The molecular formula is C13H23N5O2. The van der Waals surface area contributed by atoms with Crippen LogP contribution in [0.3, 0.4) is 0 Å². The molecule has 7 nitrogen and oxygen atoms in total. The quantitative estimate of drug-likeness (QED) is 0.787. The summed E-state index contributed by atoms with van der Waals surface area (Å²) in [5.74, 6) is 1.07. The van der Waals surface area contributed by atoms with Gasteiger partial charge in [0.1, 0.15) is 0 Å². The van der Waals surface area contributed by atoms with E-state index in [2.05, 4.69) is 25.6 Å². The van der Waals surface area contributed by atoms with Crippen molar-refractivity contribution in [3.63, 3.8) is 0 Å². The number of nitrogens with one attached hydrogen (secondary N) is 2. The molecule has 2 rings (SSSR count). The predicted octanol–water partition coefficient (Wildman–Crippen LogP) is 1.68. The van der Waals surface area contributed by atoms with Gasteiger partial charge in [-0.05, 0) is 26.2 Å². The fourth-order valence-corrected chi connectivity index (χ4v) is 1.95. The first-order valence-corrected chi connectivity index (χ1v) is 7.28. The van der Waals surface area contributed by atoms with Crippen LogP contribution >= 0.6 is 0 Å². The average Bonchev–Trinajstić information content (AvgIpc) is 2.46. The van der Waals surface area contributed by atoms with Crippen LogP contribution in [-0.4, -0.2) is 47.4 Å². The topological polar surface area (TPSA) is 81.2 Å². The molecule has 1 unspecified atom stereocenters. The van der Waals surface area contributed by atoms with E-state index >= 15 is 0 Å². The summed E-state index contributed by atoms with van der Waals surface area (Å²) in [6, 6.07) is 0.608. The van der Waals surface area contributed by atoms with Crippen LogP contribution < -0.4 is 15.4 Å². The van der Waals surface area contributed by atoms with Gasteiger partial charge in [-0.15, -0.1) is 0 Å². The van der Waals surface area contributed by atoms with Crippen molar-refractivity contribution in [1.29, 1.82) is 0 Å². The van der Waals surface area contributed by atoms with Gasteiger partial charge in [-0.1, -0.05) is 6.92 Å². The fraction of sp³-hybridized carbons (Fsp3) is 0.769. The fourth-order valence-electron chi connectivity index (χ4n) is 1.95. The number of nitrogens with zero attached hydrogens (tertiary/aromatic N) is 3. The molecule has 0 radical (unpaired) electrons. The van der Waals surface area contributed by atoms with Gasteiger partial charge >= 0.3 is 6.01 Å². The molecule has 0 aromatic carbocycles. The molecule has 7 heteroatoms. The van der Waals surface area contributed by atoms with E-state index in [1.165, 1.54) is 0 Å². The van der Waals surface area contributed by atoms with Gasteiger partial charge in [-0.25, -0.2) is 0 Å². The van der Waals surface area contributed by atoms with Crippen molar-refractivity contribution >= 4 is 11.9 Å². The highest BCUT2D eigenvalue weighted by atomic mass is 16.5. The second-order valence-corrected chi connectivity index (χ2v) is 4.70. The summed E-state index contributed by atoms with van der Waals surface area (Å²) in [6.45, 7) is 6.92. The number of rotatable bonds is 7. The molecule has 0 aliphatic carbocycles. The van der Waals surface area contributed by atoms with Crippen molar-refractivity contribution in [3.8, 4) is 6.01 Å². The van der Waals surface area contributed by atoms with Crippen molar-refractivity contribution in [1.82, 2.24) is 15.0 Å². The Labute approximate surface area is 119 Å². The Morgan fingerprint density at radius 1 is 1.25 bits per heavy atom. The molecule has 0 saturated carbocycles. The van der Waals surface area contributed by atoms with Crippen molar-refractivity contribution in [3.05, 3.63) is 0 Å². The minimum absolute atomic E-state index is 0.250. The third kappa shape index (κ3) is 4.48. The lowest BCUT2D eigenvalue weighted by atomic mass is 10.1. The maximum Gasteiger partial charge on any atom is 0.323 e. The summed E-state index contributed by atoms with van der Waals surface area (Å²) in [5.41, 5.74) is 0. The van der Waals surface area contributed by atoms with Crippen LogP contribution in [0.5, 0.6) is 6.01 Å². The van der Waals surface area contributed by atoms with Gasteiger partial charge in [0.25, 0.3) is 0 Å². The van der Waals surface area contributed by atoms with Crippen LogP contribution in [0.25, 0.3) is 0 Å². The van der Waals surface area contributed by atoms with Gasteiger partial charge in [-0.3, -0.25) is 0 Å². The van der Waals surface area contributed by atoms with E-state index in [1.807, 2.05) is 13.8 Å². The lowest BCUT2D eigenvalue weighted by molar-refractivity contribution is 0.0873. The Bertz CT molecular complexity index is 410. The Kier molecular flexibility index (Phi) is 5.79. The first-order chi connectivity index (χ1) is 9.81. The van der Waals surface area contributed by atoms with E-state index in [1.54, 1.807) is 0 Å². The number of anilines is 2. The molecule has 20 heavy (non-hydrogen) atoms. The summed E-state index contributed by atoms with van der Waals surface area (Å²) in [4.78, 5) is 12.9. The van der Waals surface area contributed by atoms with Crippen molar-refractivity contribution in [2.24, 2.45) is 0 Å². The van der Waals surface area contributed by atoms with Crippen LogP contribution in [0.1, 0.15) is 33.1 Å². The highest BCUT2D eigenvalue weighted by Gasteiger charge is 2.16. The minimum atomic E-state index is 0.250. The van der Waals surface area contributed by atoms with Crippen LogP contribution in [0.2, 0.25) is 0 Å². The summed E-state index contributed by atoms with van der Waals surface area (Å²) in [5, 5.41) is 6.38. The zero-order valence-electron chi connectivity index (χ0n) is 12.2. The number of hydrogen-bond acceptors (Lipinski definition) is 7. The van der Waals surface area contributed by atoms with Gasteiger partial charge < -0.3 is 20.1 Å². The van der Waals surface area contributed by atoms with E-state index in [0.717, 1.165) is 32.4 Å². The minimum Gasteiger partial charge on any atom is -0.463 e. The molecule has 1 aromatic rings. The van der Waals surface area contributed by atoms with E-state index < -0.39 is 0 Å². The number of aromatic nitrogens is 3. The van der Waals surface area contributed by atoms with Gasteiger partial charge in [0.05, 0.1) is 19.3 Å².